The molecule has 0 spiro atoms. The summed E-state index contributed by atoms with van der Waals surface area (Å²) >= 11 is 0. The van der Waals surface area contributed by atoms with E-state index in [0.29, 0.717) is 36.7 Å². The highest BCUT2D eigenvalue weighted by Gasteiger charge is 2.37. The summed E-state index contributed by atoms with van der Waals surface area (Å²) in [5.74, 6) is 1.38. The molecule has 5 rings (SSSR count). The average molecular weight is 512 g/mol. The second-order valence-electron chi connectivity index (χ2n) is 10.1. The van der Waals surface area contributed by atoms with Crippen molar-refractivity contribution in [1.29, 1.82) is 0 Å². The zero-order valence-corrected chi connectivity index (χ0v) is 21.7. The van der Waals surface area contributed by atoms with Gasteiger partial charge in [-0.05, 0) is 61.8 Å². The quantitative estimate of drug-likeness (QED) is 0.556. The van der Waals surface area contributed by atoms with E-state index in [1.165, 1.54) is 25.3 Å². The van der Waals surface area contributed by atoms with E-state index in [1.807, 2.05) is 6.07 Å². The minimum Gasteiger partial charge on any atom is -0.404 e. The van der Waals surface area contributed by atoms with Crippen molar-refractivity contribution in [2.24, 2.45) is 16.6 Å². The summed E-state index contributed by atoms with van der Waals surface area (Å²) in [6, 6.07) is 3.57. The molecule has 3 N–H and O–H groups in total. The van der Waals surface area contributed by atoms with Crippen LogP contribution in [0.25, 0.3) is 5.57 Å². The monoisotopic (exact) mass is 511 g/mol. The van der Waals surface area contributed by atoms with E-state index in [9.17, 15) is 13.6 Å². The third-order valence-corrected chi connectivity index (χ3v) is 7.87. The van der Waals surface area contributed by atoms with Crippen LogP contribution >= 0.6 is 0 Å². The molecular formula is C27H35F2N7O. The van der Waals surface area contributed by atoms with E-state index in [1.54, 1.807) is 25.1 Å². The number of hydrogen-bond donors (Lipinski definition) is 2. The number of amides is 2. The number of allylic oxidation sites excluding steroid dienone is 1. The largest absolute Gasteiger partial charge is 0.404 e. The SMILES string of the molecule is CN=CC(=CN)c1cc2c(cc1C(F)F)N(c1nn([C@@H](C)C3CC3)c3c1CN(C(=O)NC)CC3)CCC2. The van der Waals surface area contributed by atoms with Gasteiger partial charge in [-0.15, -0.1) is 0 Å². The number of alkyl halides is 2. The minimum absolute atomic E-state index is 0.0751. The van der Waals surface area contributed by atoms with Crippen LogP contribution in [0, 0.1) is 5.92 Å². The highest BCUT2D eigenvalue weighted by Crippen LogP contribution is 2.45. The van der Waals surface area contributed by atoms with E-state index in [2.05, 4.69) is 26.8 Å². The summed E-state index contributed by atoms with van der Waals surface area (Å²) in [6.45, 7) is 3.95. The number of halogens is 2. The summed E-state index contributed by atoms with van der Waals surface area (Å²) in [4.78, 5) is 20.4. The number of nitrogens with two attached hydrogens (primary N) is 1. The molecule has 0 saturated heterocycles. The number of rotatable bonds is 6. The van der Waals surface area contributed by atoms with Gasteiger partial charge in [0, 0.05) is 74.1 Å². The van der Waals surface area contributed by atoms with Crippen LogP contribution in [-0.2, 0) is 19.4 Å². The van der Waals surface area contributed by atoms with Crippen LogP contribution in [0.5, 0.6) is 0 Å². The minimum atomic E-state index is -2.67. The number of nitrogens with zero attached hydrogens (tertiary/aromatic N) is 5. The lowest BCUT2D eigenvalue weighted by molar-refractivity contribution is 0.151. The number of urea groups is 1. The van der Waals surface area contributed by atoms with Crippen molar-refractivity contribution in [3.05, 3.63) is 46.3 Å². The van der Waals surface area contributed by atoms with Gasteiger partial charge in [0.15, 0.2) is 5.82 Å². The fourth-order valence-corrected chi connectivity index (χ4v) is 5.73. The Morgan fingerprint density at radius 2 is 2.05 bits per heavy atom. The molecule has 2 amide bonds. The lowest BCUT2D eigenvalue weighted by Crippen LogP contribution is -2.42. The van der Waals surface area contributed by atoms with Crippen molar-refractivity contribution < 1.29 is 13.6 Å². The highest BCUT2D eigenvalue weighted by molar-refractivity contribution is 6.10. The van der Waals surface area contributed by atoms with Crippen LogP contribution in [0.1, 0.15) is 66.6 Å². The third kappa shape index (κ3) is 4.57. The van der Waals surface area contributed by atoms with Gasteiger partial charge in [0.05, 0.1) is 12.6 Å². The van der Waals surface area contributed by atoms with E-state index >= 15 is 0 Å². The Hall–Kier alpha value is -3.43. The fraction of sp³-hybridized carbons (Fsp3) is 0.519. The first kappa shape index (κ1) is 25.2. The molecule has 37 heavy (non-hydrogen) atoms. The standard InChI is InChI=1S/C27H35F2N7O/c1-16(17-6-7-17)36-23-8-10-34(27(37)32-3)15-22(23)26(33-36)35-9-4-5-18-11-20(19(13-30)14-31-2)21(25(28)29)12-24(18)35/h11-14,16-17,25H,4-10,15,30H2,1-3H3,(H,32,37)/t16-/m0/s1. The Morgan fingerprint density at radius 3 is 2.70 bits per heavy atom. The predicted molar refractivity (Wildman–Crippen MR) is 142 cm³/mol. The van der Waals surface area contributed by atoms with Crippen LogP contribution in [0.2, 0.25) is 0 Å². The molecule has 1 aromatic carbocycles. The summed E-state index contributed by atoms with van der Waals surface area (Å²) in [6.07, 6.45) is 4.91. The Kier molecular flexibility index (Phi) is 6.92. The first-order valence-corrected chi connectivity index (χ1v) is 13.0. The summed E-state index contributed by atoms with van der Waals surface area (Å²) in [5.41, 5.74) is 10.5. The topological polar surface area (TPSA) is 91.8 Å². The number of nitrogens with one attached hydrogen (secondary N) is 1. The molecule has 1 saturated carbocycles. The number of aliphatic imine (C=N–C) groups is 1. The normalized spacial score (nSPS) is 18.8. The lowest BCUT2D eigenvalue weighted by Gasteiger charge is -2.33. The molecule has 1 atom stereocenters. The van der Waals surface area contributed by atoms with Crippen LogP contribution in [0.4, 0.5) is 25.1 Å². The van der Waals surface area contributed by atoms with Gasteiger partial charge in [-0.25, -0.2) is 13.6 Å². The van der Waals surface area contributed by atoms with Crippen molar-refractivity contribution in [3.63, 3.8) is 0 Å². The summed E-state index contributed by atoms with van der Waals surface area (Å²) in [7, 11) is 3.23. The molecule has 1 fully saturated rings. The van der Waals surface area contributed by atoms with Crippen molar-refractivity contribution in [2.75, 3.05) is 32.1 Å². The number of aromatic nitrogens is 2. The molecule has 8 nitrogen and oxygen atoms in total. The smallest absolute Gasteiger partial charge is 0.317 e. The number of carbonyl (C=O) groups excluding carboxylic acids is 1. The van der Waals surface area contributed by atoms with Crippen LogP contribution in [-0.4, -0.2) is 54.1 Å². The molecule has 1 aliphatic carbocycles. The van der Waals surface area contributed by atoms with E-state index in [-0.39, 0.29) is 17.6 Å². The maximum atomic E-state index is 14.3. The van der Waals surface area contributed by atoms with Gasteiger partial charge in [-0.3, -0.25) is 9.67 Å². The first-order chi connectivity index (χ1) is 17.9. The van der Waals surface area contributed by atoms with Crippen molar-refractivity contribution >= 4 is 29.3 Å². The number of hydrogen-bond acceptors (Lipinski definition) is 5. The fourth-order valence-electron chi connectivity index (χ4n) is 5.73. The summed E-state index contributed by atoms with van der Waals surface area (Å²) < 4.78 is 30.8. The molecule has 2 aliphatic heterocycles. The van der Waals surface area contributed by atoms with Gasteiger partial charge in [0.2, 0.25) is 0 Å². The Labute approximate surface area is 216 Å². The molecule has 0 bridgehead atoms. The van der Waals surface area contributed by atoms with Crippen LogP contribution in [0.3, 0.4) is 0 Å². The van der Waals surface area contributed by atoms with Crippen LogP contribution < -0.4 is 16.0 Å². The molecule has 1 aromatic heterocycles. The van der Waals surface area contributed by atoms with Gasteiger partial charge in [-0.1, -0.05) is 0 Å². The van der Waals surface area contributed by atoms with E-state index in [4.69, 9.17) is 10.8 Å². The predicted octanol–water partition coefficient (Wildman–Crippen LogP) is 4.57. The zero-order valence-electron chi connectivity index (χ0n) is 21.7. The maximum absolute atomic E-state index is 14.3. The molecule has 198 valence electrons. The summed E-state index contributed by atoms with van der Waals surface area (Å²) in [5, 5.41) is 7.84. The van der Waals surface area contributed by atoms with Gasteiger partial charge < -0.3 is 20.9 Å². The zero-order chi connectivity index (χ0) is 26.3. The molecule has 0 unspecified atom stereocenters. The molecule has 3 aliphatic rings. The maximum Gasteiger partial charge on any atom is 0.317 e. The third-order valence-electron chi connectivity index (χ3n) is 7.87. The molecule has 2 aromatic rings. The Balaban J connectivity index is 1.63. The average Bonchev–Trinajstić information content (AvgIpc) is 3.70. The number of aryl methyl sites for hydroxylation is 1. The number of fused-ring (bicyclic) bond motifs is 2. The first-order valence-electron chi connectivity index (χ1n) is 13.0. The van der Waals surface area contributed by atoms with Gasteiger partial charge in [0.1, 0.15) is 0 Å². The number of benzene rings is 1. The van der Waals surface area contributed by atoms with Gasteiger partial charge in [-0.2, -0.15) is 5.10 Å². The lowest BCUT2D eigenvalue weighted by atomic mass is 9.92. The van der Waals surface area contributed by atoms with Crippen molar-refractivity contribution in [3.8, 4) is 0 Å². The van der Waals surface area contributed by atoms with Crippen molar-refractivity contribution in [2.45, 2.75) is 58.0 Å². The molecular weight excluding hydrogens is 476 g/mol. The second kappa shape index (κ2) is 10.1. The Bertz CT molecular complexity index is 1250. The van der Waals surface area contributed by atoms with Gasteiger partial charge >= 0.3 is 6.03 Å². The molecule has 3 heterocycles. The molecule has 0 radical (unpaired) electrons. The number of anilines is 2. The Morgan fingerprint density at radius 1 is 1.27 bits per heavy atom. The van der Waals surface area contributed by atoms with E-state index in [0.717, 1.165) is 47.6 Å². The van der Waals surface area contributed by atoms with Crippen molar-refractivity contribution in [1.82, 2.24) is 20.0 Å². The van der Waals surface area contributed by atoms with Crippen LogP contribution in [0.15, 0.2) is 23.3 Å². The van der Waals surface area contributed by atoms with E-state index < -0.39 is 6.43 Å². The number of carbonyl (C=O) groups is 1. The molecule has 10 heteroatoms. The van der Waals surface area contributed by atoms with Gasteiger partial charge in [0.25, 0.3) is 6.43 Å². The highest BCUT2D eigenvalue weighted by atomic mass is 19.3. The second-order valence-corrected chi connectivity index (χ2v) is 10.1.